The highest BCUT2D eigenvalue weighted by Crippen LogP contribution is 2.20. The van der Waals surface area contributed by atoms with Crippen molar-refractivity contribution in [2.45, 2.75) is 0 Å². The third kappa shape index (κ3) is 6.45. The topological polar surface area (TPSA) is 113 Å². The predicted octanol–water partition coefficient (Wildman–Crippen LogP) is 2.59. The minimum absolute atomic E-state index is 0.169. The SMILES string of the molecule is COC(=O)C(C#N)=C(N=CC=CC=CC(C#N)C(=O)OC)c1ccccc1. The van der Waals surface area contributed by atoms with E-state index < -0.39 is 17.9 Å². The zero-order chi connectivity index (χ0) is 20.1. The first-order valence-corrected chi connectivity index (χ1v) is 7.72. The van der Waals surface area contributed by atoms with Crippen LogP contribution in [0.3, 0.4) is 0 Å². The van der Waals surface area contributed by atoms with Crippen molar-refractivity contribution in [2.75, 3.05) is 14.2 Å². The Morgan fingerprint density at radius 2 is 1.78 bits per heavy atom. The lowest BCUT2D eigenvalue weighted by molar-refractivity contribution is -0.142. The van der Waals surface area contributed by atoms with Crippen LogP contribution in [0, 0.1) is 28.6 Å². The van der Waals surface area contributed by atoms with Crippen LogP contribution in [-0.2, 0) is 19.1 Å². The van der Waals surface area contributed by atoms with Crippen molar-refractivity contribution in [3.8, 4) is 12.1 Å². The van der Waals surface area contributed by atoms with Crippen molar-refractivity contribution >= 4 is 23.9 Å². The monoisotopic (exact) mass is 363 g/mol. The molecule has 136 valence electrons. The maximum absolute atomic E-state index is 11.8. The molecule has 1 atom stereocenters. The maximum atomic E-state index is 11.8. The van der Waals surface area contributed by atoms with Gasteiger partial charge in [-0.2, -0.15) is 10.5 Å². The van der Waals surface area contributed by atoms with Gasteiger partial charge in [0.25, 0.3) is 0 Å². The van der Waals surface area contributed by atoms with Crippen LogP contribution in [-0.4, -0.2) is 32.4 Å². The molecule has 7 heteroatoms. The van der Waals surface area contributed by atoms with Gasteiger partial charge >= 0.3 is 11.9 Å². The fourth-order valence-corrected chi connectivity index (χ4v) is 1.88. The van der Waals surface area contributed by atoms with E-state index in [0.717, 1.165) is 0 Å². The third-order valence-electron chi connectivity index (χ3n) is 3.20. The van der Waals surface area contributed by atoms with Gasteiger partial charge in [-0.05, 0) is 6.08 Å². The summed E-state index contributed by atoms with van der Waals surface area (Å²) in [6, 6.07) is 12.3. The molecule has 0 fully saturated rings. The van der Waals surface area contributed by atoms with E-state index in [0.29, 0.717) is 5.56 Å². The summed E-state index contributed by atoms with van der Waals surface area (Å²) in [6.07, 6.45) is 7.32. The first-order valence-electron chi connectivity index (χ1n) is 7.72. The van der Waals surface area contributed by atoms with Crippen molar-refractivity contribution in [2.24, 2.45) is 10.9 Å². The van der Waals surface area contributed by atoms with Crippen LogP contribution in [0.25, 0.3) is 5.70 Å². The summed E-state index contributed by atoms with van der Waals surface area (Å²) in [5.41, 5.74) is 0.525. The molecule has 0 aliphatic heterocycles. The van der Waals surface area contributed by atoms with Crippen molar-refractivity contribution in [1.29, 1.82) is 10.5 Å². The highest BCUT2D eigenvalue weighted by molar-refractivity contribution is 6.02. The summed E-state index contributed by atoms with van der Waals surface area (Å²) >= 11 is 0. The van der Waals surface area contributed by atoms with E-state index in [1.165, 1.54) is 38.7 Å². The van der Waals surface area contributed by atoms with Crippen molar-refractivity contribution in [3.63, 3.8) is 0 Å². The van der Waals surface area contributed by atoms with E-state index in [1.54, 1.807) is 42.5 Å². The standard InChI is InChI=1S/C20H17N3O4/c1-26-19(24)16(13-21)11-7-4-8-12-23-18(15-9-5-3-6-10-15)17(14-22)20(25)27-2/h3-12,16H,1-2H3. The molecular weight excluding hydrogens is 346 g/mol. The number of carbonyl (C=O) groups excluding carboxylic acids is 2. The number of rotatable bonds is 7. The van der Waals surface area contributed by atoms with Crippen LogP contribution < -0.4 is 0 Å². The molecule has 0 radical (unpaired) electrons. The number of carbonyl (C=O) groups is 2. The normalized spacial score (nSPS) is 13.0. The highest BCUT2D eigenvalue weighted by Gasteiger charge is 2.16. The molecule has 0 saturated heterocycles. The Morgan fingerprint density at radius 1 is 1.07 bits per heavy atom. The van der Waals surface area contributed by atoms with E-state index in [1.807, 2.05) is 6.07 Å². The molecule has 7 nitrogen and oxygen atoms in total. The van der Waals surface area contributed by atoms with Crippen LogP contribution in [0.15, 0.2) is 65.2 Å². The number of aliphatic imine (C=N–C) groups is 1. The number of esters is 2. The van der Waals surface area contributed by atoms with Gasteiger partial charge in [-0.15, -0.1) is 0 Å². The molecule has 0 aliphatic rings. The largest absolute Gasteiger partial charge is 0.468 e. The Hall–Kier alpha value is -3.97. The second-order valence-electron chi connectivity index (χ2n) is 4.87. The number of allylic oxidation sites excluding steroid dienone is 3. The van der Waals surface area contributed by atoms with Crippen molar-refractivity contribution in [3.05, 3.63) is 65.8 Å². The fraction of sp³-hybridized carbons (Fsp3) is 0.150. The van der Waals surface area contributed by atoms with Gasteiger partial charge in [-0.3, -0.25) is 9.79 Å². The van der Waals surface area contributed by atoms with Crippen molar-refractivity contribution < 1.29 is 19.1 Å². The van der Waals surface area contributed by atoms with E-state index in [4.69, 9.17) is 5.26 Å². The summed E-state index contributed by atoms with van der Waals surface area (Å²) in [6.45, 7) is 0. The third-order valence-corrected chi connectivity index (χ3v) is 3.20. The smallest absolute Gasteiger partial charge is 0.350 e. The molecule has 27 heavy (non-hydrogen) atoms. The van der Waals surface area contributed by atoms with Crippen LogP contribution in [0.4, 0.5) is 0 Å². The number of benzene rings is 1. The molecule has 0 heterocycles. The van der Waals surface area contributed by atoms with Crippen LogP contribution in [0.1, 0.15) is 5.56 Å². The first kappa shape index (κ1) is 21.1. The molecule has 0 N–H and O–H groups in total. The van der Waals surface area contributed by atoms with E-state index in [9.17, 15) is 14.9 Å². The number of methoxy groups -OCH3 is 2. The second-order valence-corrected chi connectivity index (χ2v) is 4.87. The van der Waals surface area contributed by atoms with Crippen LogP contribution in [0.2, 0.25) is 0 Å². The Kier molecular flexibility index (Phi) is 9.02. The van der Waals surface area contributed by atoms with Crippen LogP contribution >= 0.6 is 0 Å². The minimum Gasteiger partial charge on any atom is -0.468 e. The van der Waals surface area contributed by atoms with Gasteiger partial charge in [-0.1, -0.05) is 48.6 Å². The number of hydrogen-bond donors (Lipinski definition) is 0. The highest BCUT2D eigenvalue weighted by atomic mass is 16.5. The number of hydrogen-bond acceptors (Lipinski definition) is 7. The average molecular weight is 363 g/mol. The van der Waals surface area contributed by atoms with Gasteiger partial charge < -0.3 is 9.47 Å². The Labute approximate surface area is 157 Å². The lowest BCUT2D eigenvalue weighted by Crippen LogP contribution is -2.11. The van der Waals surface area contributed by atoms with E-state index >= 15 is 0 Å². The average Bonchev–Trinajstić information content (AvgIpc) is 2.72. The second kappa shape index (κ2) is 11.6. The number of nitriles is 2. The molecule has 1 unspecified atom stereocenters. The molecule has 1 aromatic rings. The maximum Gasteiger partial charge on any atom is 0.350 e. The summed E-state index contributed by atoms with van der Waals surface area (Å²) in [7, 11) is 2.39. The molecule has 0 bridgehead atoms. The summed E-state index contributed by atoms with van der Waals surface area (Å²) in [5.74, 6) is -2.44. The Balaban J connectivity index is 3.06. The van der Waals surface area contributed by atoms with Gasteiger partial charge in [0.1, 0.15) is 6.07 Å². The predicted molar refractivity (Wildman–Crippen MR) is 98.9 cm³/mol. The number of ether oxygens (including phenoxy) is 2. The molecule has 0 amide bonds. The zero-order valence-electron chi connectivity index (χ0n) is 14.8. The molecule has 1 rings (SSSR count). The molecule has 0 aromatic heterocycles. The minimum atomic E-state index is -0.999. The molecular formula is C20H17N3O4. The lowest BCUT2D eigenvalue weighted by atomic mass is 10.1. The Morgan fingerprint density at radius 3 is 2.33 bits per heavy atom. The molecule has 0 aliphatic carbocycles. The van der Waals surface area contributed by atoms with Crippen molar-refractivity contribution in [1.82, 2.24) is 0 Å². The van der Waals surface area contributed by atoms with E-state index in [2.05, 4.69) is 14.5 Å². The summed E-state index contributed by atoms with van der Waals surface area (Å²) < 4.78 is 9.12. The first-order chi connectivity index (χ1) is 13.1. The van der Waals surface area contributed by atoms with E-state index in [-0.39, 0.29) is 11.3 Å². The quantitative estimate of drug-likeness (QED) is 0.242. The van der Waals surface area contributed by atoms with Gasteiger partial charge in [0.05, 0.1) is 26.0 Å². The molecule has 0 spiro atoms. The summed E-state index contributed by atoms with van der Waals surface area (Å²) in [4.78, 5) is 27.3. The van der Waals surface area contributed by atoms with Crippen LogP contribution in [0.5, 0.6) is 0 Å². The number of nitrogens with zero attached hydrogens (tertiary/aromatic N) is 3. The molecule has 0 saturated carbocycles. The Bertz CT molecular complexity index is 869. The fourth-order valence-electron chi connectivity index (χ4n) is 1.88. The summed E-state index contributed by atoms with van der Waals surface area (Å²) in [5, 5.41) is 18.1. The van der Waals surface area contributed by atoms with Gasteiger partial charge in [-0.25, -0.2) is 4.79 Å². The van der Waals surface area contributed by atoms with Gasteiger partial charge in [0.15, 0.2) is 11.5 Å². The zero-order valence-corrected chi connectivity index (χ0v) is 14.8. The molecule has 1 aromatic carbocycles. The lowest BCUT2D eigenvalue weighted by Gasteiger charge is -2.04. The van der Waals surface area contributed by atoms with Gasteiger partial charge in [0, 0.05) is 11.8 Å². The van der Waals surface area contributed by atoms with Gasteiger partial charge in [0.2, 0.25) is 0 Å².